The Balaban J connectivity index is 1.48. The number of piperidine rings is 1. The number of hydrogen-bond donors (Lipinski definition) is 0. The Bertz CT molecular complexity index is 784. The van der Waals surface area contributed by atoms with Crippen molar-refractivity contribution in [2.45, 2.75) is 19.4 Å². The van der Waals surface area contributed by atoms with Crippen molar-refractivity contribution in [2.75, 3.05) is 13.1 Å². The van der Waals surface area contributed by atoms with Crippen LogP contribution in [0.5, 0.6) is 0 Å². The number of carbonyl (C=O) groups excluding carboxylic acids is 2. The zero-order valence-corrected chi connectivity index (χ0v) is 13.7. The number of nitriles is 1. The third-order valence-corrected chi connectivity index (χ3v) is 4.28. The average molecular weight is 338 g/mol. The van der Waals surface area contributed by atoms with Gasteiger partial charge in [0.05, 0.1) is 23.8 Å². The molecule has 2 heterocycles. The van der Waals surface area contributed by atoms with Crippen LogP contribution in [0.15, 0.2) is 47.1 Å². The van der Waals surface area contributed by atoms with E-state index in [0.717, 1.165) is 5.56 Å². The monoisotopic (exact) mass is 338 g/mol. The molecule has 1 aliphatic rings. The molecule has 6 heteroatoms. The van der Waals surface area contributed by atoms with Crippen LogP contribution in [0.4, 0.5) is 0 Å². The molecule has 0 atom stereocenters. The highest BCUT2D eigenvalue weighted by Crippen LogP contribution is 2.21. The molecule has 0 unspecified atom stereocenters. The Labute approximate surface area is 145 Å². The third-order valence-electron chi connectivity index (χ3n) is 4.28. The summed E-state index contributed by atoms with van der Waals surface area (Å²) in [7, 11) is 0. The number of carbonyl (C=O) groups is 2. The second kappa shape index (κ2) is 7.67. The van der Waals surface area contributed by atoms with Gasteiger partial charge < -0.3 is 14.1 Å². The Morgan fingerprint density at radius 3 is 2.72 bits per heavy atom. The lowest BCUT2D eigenvalue weighted by Crippen LogP contribution is -2.40. The van der Waals surface area contributed by atoms with Crippen molar-refractivity contribution in [2.24, 2.45) is 5.92 Å². The van der Waals surface area contributed by atoms with E-state index in [9.17, 15) is 9.59 Å². The van der Waals surface area contributed by atoms with Gasteiger partial charge in [0.1, 0.15) is 6.61 Å². The van der Waals surface area contributed by atoms with Gasteiger partial charge in [-0.3, -0.25) is 9.59 Å². The summed E-state index contributed by atoms with van der Waals surface area (Å²) in [6.07, 6.45) is 2.62. The minimum atomic E-state index is -0.257. The molecule has 1 aromatic carbocycles. The number of furan rings is 1. The van der Waals surface area contributed by atoms with Crippen molar-refractivity contribution >= 4 is 11.9 Å². The standard InChI is InChI=1S/C19H18N2O4/c20-12-14-3-1-4-15(11-14)13-25-19(23)16-6-8-21(9-7-16)18(22)17-5-2-10-24-17/h1-5,10-11,16H,6-9,13H2. The number of ether oxygens (including phenoxy) is 1. The van der Waals surface area contributed by atoms with Crippen molar-refractivity contribution in [1.29, 1.82) is 5.26 Å². The summed E-state index contributed by atoms with van der Waals surface area (Å²) in [5.41, 5.74) is 1.33. The maximum atomic E-state index is 12.2. The molecule has 1 fully saturated rings. The molecule has 1 amide bonds. The predicted octanol–water partition coefficient (Wildman–Crippen LogP) is 2.75. The quantitative estimate of drug-likeness (QED) is 0.801. The van der Waals surface area contributed by atoms with Crippen molar-refractivity contribution in [3.8, 4) is 6.07 Å². The lowest BCUT2D eigenvalue weighted by atomic mass is 9.97. The first kappa shape index (κ1) is 16.8. The van der Waals surface area contributed by atoms with E-state index in [1.54, 1.807) is 35.2 Å². The van der Waals surface area contributed by atoms with Gasteiger partial charge in [-0.1, -0.05) is 12.1 Å². The highest BCUT2D eigenvalue weighted by atomic mass is 16.5. The zero-order chi connectivity index (χ0) is 17.6. The smallest absolute Gasteiger partial charge is 0.309 e. The number of esters is 1. The maximum absolute atomic E-state index is 12.2. The maximum Gasteiger partial charge on any atom is 0.309 e. The third kappa shape index (κ3) is 4.07. The molecule has 1 aromatic heterocycles. The molecule has 2 aromatic rings. The van der Waals surface area contributed by atoms with Crippen LogP contribution in [-0.4, -0.2) is 29.9 Å². The molecule has 6 nitrogen and oxygen atoms in total. The zero-order valence-electron chi connectivity index (χ0n) is 13.7. The van der Waals surface area contributed by atoms with E-state index >= 15 is 0 Å². The van der Waals surface area contributed by atoms with E-state index in [-0.39, 0.29) is 24.4 Å². The van der Waals surface area contributed by atoms with E-state index in [1.807, 2.05) is 6.07 Å². The van der Waals surface area contributed by atoms with E-state index in [4.69, 9.17) is 14.4 Å². The van der Waals surface area contributed by atoms with Gasteiger partial charge in [0.2, 0.25) is 0 Å². The highest BCUT2D eigenvalue weighted by Gasteiger charge is 2.29. The second-order valence-electron chi connectivity index (χ2n) is 5.96. The molecule has 1 aliphatic heterocycles. The largest absolute Gasteiger partial charge is 0.461 e. The van der Waals surface area contributed by atoms with Crippen molar-refractivity contribution in [3.63, 3.8) is 0 Å². The minimum Gasteiger partial charge on any atom is -0.461 e. The summed E-state index contributed by atoms with van der Waals surface area (Å²) >= 11 is 0. The molecule has 25 heavy (non-hydrogen) atoms. The van der Waals surface area contributed by atoms with Gasteiger partial charge in [-0.05, 0) is 42.7 Å². The Hall–Kier alpha value is -3.07. The van der Waals surface area contributed by atoms with Gasteiger partial charge in [0.25, 0.3) is 5.91 Å². The van der Waals surface area contributed by atoms with Gasteiger partial charge in [-0.15, -0.1) is 0 Å². The first-order valence-corrected chi connectivity index (χ1v) is 8.16. The molecule has 0 radical (unpaired) electrons. The summed E-state index contributed by atoms with van der Waals surface area (Å²) in [6, 6.07) is 12.4. The summed E-state index contributed by atoms with van der Waals surface area (Å²) in [5, 5.41) is 8.88. The molecule has 0 N–H and O–H groups in total. The summed E-state index contributed by atoms with van der Waals surface area (Å²) in [5.74, 6) is -0.296. The first-order valence-electron chi connectivity index (χ1n) is 8.16. The second-order valence-corrected chi connectivity index (χ2v) is 5.96. The number of hydrogen-bond acceptors (Lipinski definition) is 5. The number of rotatable bonds is 4. The lowest BCUT2D eigenvalue weighted by Gasteiger charge is -2.30. The fraction of sp³-hybridized carbons (Fsp3) is 0.316. The minimum absolute atomic E-state index is 0.148. The van der Waals surface area contributed by atoms with Gasteiger partial charge in [-0.2, -0.15) is 5.26 Å². The fourth-order valence-electron chi connectivity index (χ4n) is 2.88. The van der Waals surface area contributed by atoms with Gasteiger partial charge in [-0.25, -0.2) is 0 Å². The number of benzene rings is 1. The molecular formula is C19H18N2O4. The Kier molecular flexibility index (Phi) is 5.14. The van der Waals surface area contributed by atoms with Crippen LogP contribution < -0.4 is 0 Å². The summed E-state index contributed by atoms with van der Waals surface area (Å²) in [6.45, 7) is 1.16. The summed E-state index contributed by atoms with van der Waals surface area (Å²) in [4.78, 5) is 26.1. The number of likely N-dealkylation sites (tertiary alicyclic amines) is 1. The van der Waals surface area contributed by atoms with Gasteiger partial charge in [0.15, 0.2) is 5.76 Å². The molecular weight excluding hydrogens is 320 g/mol. The fourth-order valence-corrected chi connectivity index (χ4v) is 2.88. The molecule has 3 rings (SSSR count). The van der Waals surface area contributed by atoms with Crippen LogP contribution in [0.3, 0.4) is 0 Å². The SMILES string of the molecule is N#Cc1cccc(COC(=O)C2CCN(C(=O)c3ccco3)CC2)c1. The highest BCUT2D eigenvalue weighted by molar-refractivity contribution is 5.91. The van der Waals surface area contributed by atoms with E-state index < -0.39 is 0 Å². The topological polar surface area (TPSA) is 83.5 Å². The first-order chi connectivity index (χ1) is 12.2. The van der Waals surface area contributed by atoms with Gasteiger partial charge in [0, 0.05) is 13.1 Å². The van der Waals surface area contributed by atoms with Gasteiger partial charge >= 0.3 is 5.97 Å². The number of nitrogens with zero attached hydrogens (tertiary/aromatic N) is 2. The van der Waals surface area contributed by atoms with E-state index in [1.165, 1.54) is 6.26 Å². The summed E-state index contributed by atoms with van der Waals surface area (Å²) < 4.78 is 10.5. The van der Waals surface area contributed by atoms with Crippen LogP contribution in [0.25, 0.3) is 0 Å². The molecule has 0 aliphatic carbocycles. The molecule has 128 valence electrons. The van der Waals surface area contributed by atoms with Crippen molar-refractivity contribution in [1.82, 2.24) is 4.90 Å². The van der Waals surface area contributed by atoms with Crippen LogP contribution >= 0.6 is 0 Å². The molecule has 0 bridgehead atoms. The van der Waals surface area contributed by atoms with Crippen LogP contribution in [0.1, 0.15) is 34.5 Å². The predicted molar refractivity (Wildman–Crippen MR) is 88.3 cm³/mol. The normalized spacial score (nSPS) is 14.8. The van der Waals surface area contributed by atoms with E-state index in [2.05, 4.69) is 6.07 Å². The average Bonchev–Trinajstić information content (AvgIpc) is 3.20. The Morgan fingerprint density at radius 1 is 1.24 bits per heavy atom. The van der Waals surface area contributed by atoms with E-state index in [0.29, 0.717) is 37.3 Å². The molecule has 1 saturated heterocycles. The van der Waals surface area contributed by atoms with Crippen LogP contribution in [-0.2, 0) is 16.1 Å². The lowest BCUT2D eigenvalue weighted by molar-refractivity contribution is -0.151. The molecule has 0 saturated carbocycles. The van der Waals surface area contributed by atoms with Crippen LogP contribution in [0, 0.1) is 17.2 Å². The van der Waals surface area contributed by atoms with Crippen molar-refractivity contribution in [3.05, 3.63) is 59.5 Å². The van der Waals surface area contributed by atoms with Crippen molar-refractivity contribution < 1.29 is 18.7 Å². The van der Waals surface area contributed by atoms with Crippen LogP contribution in [0.2, 0.25) is 0 Å². The number of amides is 1. The Morgan fingerprint density at radius 2 is 2.04 bits per heavy atom. The molecule has 0 spiro atoms.